The van der Waals surface area contributed by atoms with Crippen molar-refractivity contribution in [2.24, 2.45) is 5.92 Å². The maximum Gasteiger partial charge on any atom is 0.251 e. The summed E-state index contributed by atoms with van der Waals surface area (Å²) in [6.45, 7) is 0. The largest absolute Gasteiger partial charge is 0.340 e. The Morgan fingerprint density at radius 1 is 0.739 bits per heavy atom. The highest BCUT2D eigenvalue weighted by Gasteiger charge is 2.33. The highest BCUT2D eigenvalue weighted by atomic mass is 32.1. The van der Waals surface area contributed by atoms with E-state index < -0.39 is 35.6 Å². The van der Waals surface area contributed by atoms with Crippen LogP contribution in [-0.2, 0) is 35.2 Å². The number of hydrogen-bond donors (Lipinski definition) is 4. The second-order valence-corrected chi connectivity index (χ2v) is 11.0. The number of ketones is 2. The van der Waals surface area contributed by atoms with E-state index in [0.29, 0.717) is 41.6 Å². The van der Waals surface area contributed by atoms with Crippen LogP contribution in [0.15, 0.2) is 48.5 Å². The molecule has 0 spiro atoms. The van der Waals surface area contributed by atoms with E-state index in [9.17, 15) is 38.4 Å². The zero-order chi connectivity index (χ0) is 31.6. The van der Waals surface area contributed by atoms with E-state index in [-0.39, 0.29) is 82.5 Å². The minimum absolute atomic E-state index is 0. The second kappa shape index (κ2) is 18.0. The third kappa shape index (κ3) is 11.2. The molecule has 6 amide bonds. The van der Waals surface area contributed by atoms with Gasteiger partial charge in [0.1, 0.15) is 11.8 Å². The fourth-order valence-electron chi connectivity index (χ4n) is 5.12. The van der Waals surface area contributed by atoms with Crippen LogP contribution < -0.4 is 21.3 Å². The van der Waals surface area contributed by atoms with Gasteiger partial charge in [-0.1, -0.05) is 37.1 Å². The number of Topliss-reactive ketones (excluding diaryl/α,β-unsaturated/α-hetero) is 2. The van der Waals surface area contributed by atoms with Gasteiger partial charge in [-0.2, -0.15) is 27.0 Å². The van der Waals surface area contributed by atoms with E-state index in [1.54, 1.807) is 48.5 Å². The van der Waals surface area contributed by atoms with Crippen LogP contribution in [-0.4, -0.2) is 53.1 Å². The molecule has 14 heteroatoms. The topological polar surface area (TPSA) is 185 Å². The van der Waals surface area contributed by atoms with E-state index >= 15 is 0 Å². The normalized spacial score (nSPS) is 16.9. The van der Waals surface area contributed by atoms with Gasteiger partial charge in [0, 0.05) is 48.9 Å². The second-order valence-electron chi connectivity index (χ2n) is 11.0. The molecule has 4 N–H and O–H groups in total. The number of carbonyl (C=O) groups is 8. The van der Waals surface area contributed by atoms with Crippen molar-refractivity contribution in [2.45, 2.75) is 70.3 Å². The zero-order valence-electron chi connectivity index (χ0n) is 25.1. The Morgan fingerprint density at radius 2 is 1.39 bits per heavy atom. The third-order valence-corrected chi connectivity index (χ3v) is 7.44. The highest BCUT2D eigenvalue weighted by molar-refractivity contribution is 7.59. The summed E-state index contributed by atoms with van der Waals surface area (Å²) in [5.41, 5.74) is 1.80. The van der Waals surface area contributed by atoms with Crippen molar-refractivity contribution in [1.82, 2.24) is 16.0 Å². The van der Waals surface area contributed by atoms with Crippen LogP contribution in [0.5, 0.6) is 0 Å². The predicted molar refractivity (Wildman–Crippen MR) is 178 cm³/mol. The highest BCUT2D eigenvalue weighted by Crippen LogP contribution is 2.20. The molecule has 4 rings (SSSR count). The number of rotatable bonds is 15. The van der Waals surface area contributed by atoms with Crippen molar-refractivity contribution in [3.8, 4) is 0 Å². The fraction of sp³-hybridized carbons (Fsp3) is 0.375. The molecule has 0 saturated carbocycles. The summed E-state index contributed by atoms with van der Waals surface area (Å²) in [5, 5.41) is 9.64. The van der Waals surface area contributed by atoms with Gasteiger partial charge in [0.2, 0.25) is 29.5 Å². The van der Waals surface area contributed by atoms with Gasteiger partial charge in [0.25, 0.3) is 5.91 Å². The average Bonchev–Trinajstić information content (AvgIpc) is 3.47. The molecule has 2 aromatic rings. The van der Waals surface area contributed by atoms with E-state index in [2.05, 4.69) is 21.3 Å². The van der Waals surface area contributed by atoms with Gasteiger partial charge >= 0.3 is 0 Å². The summed E-state index contributed by atoms with van der Waals surface area (Å²) >= 11 is 0. The molecular weight excluding hydrogens is 633 g/mol. The van der Waals surface area contributed by atoms with Gasteiger partial charge in [-0.3, -0.25) is 49.0 Å². The number of benzene rings is 2. The lowest BCUT2D eigenvalue weighted by Crippen LogP contribution is -2.40. The smallest absolute Gasteiger partial charge is 0.251 e. The standard InChI is InChI=1S/C32H34N4O8.2H2S/c37-24(14-19-7-5-9-21(13-19)30(42)34-25-18-29(41)36-32(25)44)11-3-1-2-4-12-27(39)33-23-10-6-8-20(15-23)26(38)16-22-17-28(40)35-31(22)43;;/h5-10,13,15,22,25H,1-4,11-12,14,16-18H2,(H,33,39)(H,34,42)(H,35,40,43)(H,36,41,44);2*1H2/t22-,25-;;/m0../s1. The summed E-state index contributed by atoms with van der Waals surface area (Å²) in [6.07, 6.45) is 3.46. The maximum atomic E-state index is 12.6. The molecule has 0 unspecified atom stereocenters. The molecule has 2 aliphatic heterocycles. The van der Waals surface area contributed by atoms with Crippen LogP contribution >= 0.6 is 27.0 Å². The molecule has 2 aliphatic rings. The van der Waals surface area contributed by atoms with Crippen molar-refractivity contribution < 1.29 is 38.4 Å². The van der Waals surface area contributed by atoms with Gasteiger partial charge in [0.05, 0.1) is 12.3 Å². The van der Waals surface area contributed by atoms with E-state index in [1.165, 1.54) is 0 Å². The van der Waals surface area contributed by atoms with Gasteiger partial charge in [-0.15, -0.1) is 0 Å². The van der Waals surface area contributed by atoms with Gasteiger partial charge in [-0.25, -0.2) is 0 Å². The molecule has 2 fully saturated rings. The van der Waals surface area contributed by atoms with Crippen LogP contribution in [0.4, 0.5) is 5.69 Å². The van der Waals surface area contributed by atoms with Crippen molar-refractivity contribution in [2.75, 3.05) is 5.32 Å². The number of hydrogen-bond acceptors (Lipinski definition) is 8. The van der Waals surface area contributed by atoms with Gasteiger partial charge in [-0.05, 0) is 42.7 Å². The Bertz CT molecular complexity index is 1400. The first-order chi connectivity index (χ1) is 21.1. The molecule has 0 radical (unpaired) electrons. The molecule has 2 atom stereocenters. The van der Waals surface area contributed by atoms with Crippen LogP contribution in [0.1, 0.15) is 84.1 Å². The molecule has 0 bridgehead atoms. The number of unbranched alkanes of at least 4 members (excludes halogenated alkanes) is 3. The maximum absolute atomic E-state index is 12.6. The fourth-order valence-corrected chi connectivity index (χ4v) is 5.12. The zero-order valence-corrected chi connectivity index (χ0v) is 27.1. The van der Waals surface area contributed by atoms with Crippen molar-refractivity contribution in [3.05, 3.63) is 65.2 Å². The molecule has 0 aromatic heterocycles. The van der Waals surface area contributed by atoms with Crippen molar-refractivity contribution in [3.63, 3.8) is 0 Å². The minimum Gasteiger partial charge on any atom is -0.340 e. The number of nitrogens with one attached hydrogen (secondary N) is 4. The summed E-state index contributed by atoms with van der Waals surface area (Å²) in [5.74, 6) is -3.42. The first kappa shape index (κ1) is 37.9. The Labute approximate surface area is 280 Å². The van der Waals surface area contributed by atoms with Crippen LogP contribution in [0.3, 0.4) is 0 Å². The Balaban J connectivity index is 0.00000368. The molecule has 12 nitrogen and oxygen atoms in total. The van der Waals surface area contributed by atoms with Crippen molar-refractivity contribution in [1.29, 1.82) is 0 Å². The predicted octanol–water partition coefficient (Wildman–Crippen LogP) is 2.38. The third-order valence-electron chi connectivity index (χ3n) is 7.44. The summed E-state index contributed by atoms with van der Waals surface area (Å²) in [6, 6.07) is 12.2. The van der Waals surface area contributed by atoms with Crippen LogP contribution in [0, 0.1) is 5.92 Å². The first-order valence-electron chi connectivity index (χ1n) is 14.6. The molecule has 2 heterocycles. The molecule has 246 valence electrons. The van der Waals surface area contributed by atoms with Crippen LogP contribution in [0.25, 0.3) is 0 Å². The molecule has 46 heavy (non-hydrogen) atoms. The Hall–Kier alpha value is -4.30. The van der Waals surface area contributed by atoms with E-state index in [1.807, 2.05) is 0 Å². The Morgan fingerprint density at radius 3 is 2.07 bits per heavy atom. The summed E-state index contributed by atoms with van der Waals surface area (Å²) < 4.78 is 0. The molecular formula is C32H38N4O8S2. The van der Waals surface area contributed by atoms with Gasteiger partial charge in [0.15, 0.2) is 5.78 Å². The van der Waals surface area contributed by atoms with E-state index in [0.717, 1.165) is 12.8 Å². The van der Waals surface area contributed by atoms with Gasteiger partial charge < -0.3 is 10.6 Å². The number of imide groups is 2. The summed E-state index contributed by atoms with van der Waals surface area (Å²) in [7, 11) is 0. The molecule has 2 saturated heterocycles. The number of anilines is 1. The lowest BCUT2D eigenvalue weighted by molar-refractivity contribution is -0.127. The SMILES string of the molecule is O=C(CCCCCCC(=O)Nc1cccc(C(=O)C[C@H]2CC(=O)NC2=O)c1)Cc1cccc(C(=O)N[C@H]2CC(=O)NC2=O)c1.S.S. The van der Waals surface area contributed by atoms with Crippen molar-refractivity contribution >= 4 is 79.7 Å². The monoisotopic (exact) mass is 670 g/mol. The lowest BCUT2D eigenvalue weighted by atomic mass is 9.96. The number of carbonyl (C=O) groups excluding carboxylic acids is 8. The average molecular weight is 671 g/mol. The first-order valence-corrected chi connectivity index (χ1v) is 14.6. The molecule has 2 aromatic carbocycles. The minimum atomic E-state index is -0.902. The van der Waals surface area contributed by atoms with E-state index in [4.69, 9.17) is 0 Å². The number of amides is 6. The lowest BCUT2D eigenvalue weighted by Gasteiger charge is -2.10. The molecule has 0 aliphatic carbocycles. The van der Waals surface area contributed by atoms with Crippen LogP contribution in [0.2, 0.25) is 0 Å². The quantitative estimate of drug-likeness (QED) is 0.126. The Kier molecular flexibility index (Phi) is 14.8. The summed E-state index contributed by atoms with van der Waals surface area (Å²) in [4.78, 5) is 96.0.